The molecular formula is C21H26N2O4. The lowest BCUT2D eigenvalue weighted by atomic mass is 10.0. The van der Waals surface area contributed by atoms with Crippen LogP contribution < -0.4 is 10.6 Å². The maximum absolute atomic E-state index is 12.5. The van der Waals surface area contributed by atoms with Gasteiger partial charge in [0.2, 0.25) is 5.91 Å². The van der Waals surface area contributed by atoms with E-state index in [-0.39, 0.29) is 29.2 Å². The van der Waals surface area contributed by atoms with Crippen molar-refractivity contribution in [3.05, 3.63) is 59.2 Å². The SMILES string of the molecule is Cc1ccccc1C(=O)NC(C(=O)NCCc1ccc(O)c(O)c1)C(C)C. The standard InChI is InChI=1S/C21H26N2O4/c1-13(2)19(23-20(26)16-7-5-4-6-14(16)3)21(27)22-11-10-15-8-9-17(24)18(25)12-15/h4-9,12-13,19,24-25H,10-11H2,1-3H3,(H,22,27)(H,23,26). The Morgan fingerprint density at radius 2 is 1.74 bits per heavy atom. The molecule has 0 heterocycles. The van der Waals surface area contributed by atoms with Crippen molar-refractivity contribution in [3.8, 4) is 11.5 Å². The van der Waals surface area contributed by atoms with E-state index in [1.807, 2.05) is 32.9 Å². The predicted octanol–water partition coefficient (Wildman–Crippen LogP) is 2.52. The van der Waals surface area contributed by atoms with Crippen LogP contribution in [-0.4, -0.2) is 34.6 Å². The van der Waals surface area contributed by atoms with Gasteiger partial charge in [0.1, 0.15) is 6.04 Å². The Morgan fingerprint density at radius 3 is 2.37 bits per heavy atom. The Bertz CT molecular complexity index is 818. The first-order valence-corrected chi connectivity index (χ1v) is 8.94. The summed E-state index contributed by atoms with van der Waals surface area (Å²) in [6.45, 7) is 5.96. The molecule has 0 bridgehead atoms. The number of carbonyl (C=O) groups excluding carboxylic acids is 2. The van der Waals surface area contributed by atoms with Crippen molar-refractivity contribution < 1.29 is 19.8 Å². The number of hydrogen-bond acceptors (Lipinski definition) is 4. The molecule has 27 heavy (non-hydrogen) atoms. The first-order chi connectivity index (χ1) is 12.8. The minimum absolute atomic E-state index is 0.0734. The van der Waals surface area contributed by atoms with E-state index in [2.05, 4.69) is 10.6 Å². The first-order valence-electron chi connectivity index (χ1n) is 8.94. The number of phenolic OH excluding ortho intramolecular Hbond substituents is 2. The molecule has 0 saturated carbocycles. The van der Waals surface area contributed by atoms with E-state index >= 15 is 0 Å². The van der Waals surface area contributed by atoms with E-state index in [4.69, 9.17) is 0 Å². The highest BCUT2D eigenvalue weighted by atomic mass is 16.3. The first kappa shape index (κ1) is 20.3. The molecule has 1 atom stereocenters. The lowest BCUT2D eigenvalue weighted by molar-refractivity contribution is -0.123. The molecule has 2 aromatic carbocycles. The van der Waals surface area contributed by atoms with Gasteiger partial charge in [0.15, 0.2) is 11.5 Å². The Labute approximate surface area is 159 Å². The van der Waals surface area contributed by atoms with E-state index in [1.54, 1.807) is 18.2 Å². The number of rotatable bonds is 7. The summed E-state index contributed by atoms with van der Waals surface area (Å²) in [6, 6.07) is 11.1. The van der Waals surface area contributed by atoms with Crippen molar-refractivity contribution in [1.29, 1.82) is 0 Å². The second kappa shape index (κ2) is 9.07. The number of hydrogen-bond donors (Lipinski definition) is 4. The van der Waals surface area contributed by atoms with Crippen LogP contribution in [0.1, 0.15) is 35.3 Å². The summed E-state index contributed by atoms with van der Waals surface area (Å²) in [5.41, 5.74) is 2.19. The molecule has 1 unspecified atom stereocenters. The predicted molar refractivity (Wildman–Crippen MR) is 104 cm³/mol. The van der Waals surface area contributed by atoms with Crippen LogP contribution in [0.5, 0.6) is 11.5 Å². The van der Waals surface area contributed by atoms with E-state index in [9.17, 15) is 19.8 Å². The molecule has 0 radical (unpaired) electrons. The summed E-state index contributed by atoms with van der Waals surface area (Å²) < 4.78 is 0. The molecule has 0 aliphatic rings. The van der Waals surface area contributed by atoms with Crippen molar-refractivity contribution in [2.45, 2.75) is 33.2 Å². The van der Waals surface area contributed by atoms with Gasteiger partial charge in [0.25, 0.3) is 5.91 Å². The maximum atomic E-state index is 12.5. The Hall–Kier alpha value is -3.02. The van der Waals surface area contributed by atoms with Gasteiger partial charge < -0.3 is 20.8 Å². The van der Waals surface area contributed by atoms with Crippen LogP contribution in [0.3, 0.4) is 0 Å². The fraction of sp³-hybridized carbons (Fsp3) is 0.333. The molecule has 0 aliphatic carbocycles. The summed E-state index contributed by atoms with van der Waals surface area (Å²) in [7, 11) is 0. The van der Waals surface area contributed by atoms with Gasteiger partial charge in [-0.3, -0.25) is 9.59 Å². The molecule has 0 saturated heterocycles. The van der Waals surface area contributed by atoms with Crippen molar-refractivity contribution in [3.63, 3.8) is 0 Å². The Kier molecular flexibility index (Phi) is 6.82. The molecule has 0 aromatic heterocycles. The number of benzene rings is 2. The van der Waals surface area contributed by atoms with Gasteiger partial charge in [-0.2, -0.15) is 0 Å². The quantitative estimate of drug-likeness (QED) is 0.563. The summed E-state index contributed by atoms with van der Waals surface area (Å²) in [4.78, 5) is 25.0. The Morgan fingerprint density at radius 1 is 1.04 bits per heavy atom. The summed E-state index contributed by atoms with van der Waals surface area (Å²) in [5, 5.41) is 24.5. The molecule has 0 spiro atoms. The number of carbonyl (C=O) groups is 2. The van der Waals surface area contributed by atoms with Crippen molar-refractivity contribution in [2.75, 3.05) is 6.54 Å². The minimum atomic E-state index is -0.648. The van der Waals surface area contributed by atoms with Crippen LogP contribution in [-0.2, 0) is 11.2 Å². The van der Waals surface area contributed by atoms with Gasteiger partial charge >= 0.3 is 0 Å². The van der Waals surface area contributed by atoms with Crippen LogP contribution in [0.2, 0.25) is 0 Å². The van der Waals surface area contributed by atoms with Gasteiger partial charge in [0, 0.05) is 12.1 Å². The van der Waals surface area contributed by atoms with E-state index in [0.717, 1.165) is 11.1 Å². The normalized spacial score (nSPS) is 11.9. The van der Waals surface area contributed by atoms with Gasteiger partial charge in [-0.05, 0) is 48.6 Å². The second-order valence-corrected chi connectivity index (χ2v) is 6.87. The Balaban J connectivity index is 1.95. The zero-order chi connectivity index (χ0) is 20.0. The van der Waals surface area contributed by atoms with E-state index in [1.165, 1.54) is 12.1 Å². The van der Waals surface area contributed by atoms with Crippen molar-refractivity contribution >= 4 is 11.8 Å². The molecule has 0 aliphatic heterocycles. The van der Waals surface area contributed by atoms with E-state index in [0.29, 0.717) is 18.5 Å². The van der Waals surface area contributed by atoms with Gasteiger partial charge in [0.05, 0.1) is 0 Å². The van der Waals surface area contributed by atoms with Gasteiger partial charge in [-0.1, -0.05) is 38.1 Å². The lowest BCUT2D eigenvalue weighted by Gasteiger charge is -2.22. The maximum Gasteiger partial charge on any atom is 0.252 e. The zero-order valence-electron chi connectivity index (χ0n) is 15.8. The molecule has 2 aromatic rings. The topological polar surface area (TPSA) is 98.7 Å². The molecule has 6 nitrogen and oxygen atoms in total. The summed E-state index contributed by atoms with van der Waals surface area (Å²) >= 11 is 0. The molecule has 144 valence electrons. The molecule has 2 amide bonds. The number of nitrogens with one attached hydrogen (secondary N) is 2. The monoisotopic (exact) mass is 370 g/mol. The van der Waals surface area contributed by atoms with Crippen molar-refractivity contribution in [1.82, 2.24) is 10.6 Å². The highest BCUT2D eigenvalue weighted by Crippen LogP contribution is 2.24. The molecule has 0 fully saturated rings. The largest absolute Gasteiger partial charge is 0.504 e. The van der Waals surface area contributed by atoms with Gasteiger partial charge in [-0.15, -0.1) is 0 Å². The van der Waals surface area contributed by atoms with Crippen LogP contribution in [0.25, 0.3) is 0 Å². The zero-order valence-corrected chi connectivity index (χ0v) is 15.8. The number of aromatic hydroxyl groups is 2. The number of phenols is 2. The molecule has 6 heteroatoms. The average Bonchev–Trinajstić information content (AvgIpc) is 2.62. The molecular weight excluding hydrogens is 344 g/mol. The molecule has 4 N–H and O–H groups in total. The fourth-order valence-electron chi connectivity index (χ4n) is 2.75. The van der Waals surface area contributed by atoms with Crippen LogP contribution in [0, 0.1) is 12.8 Å². The van der Waals surface area contributed by atoms with Crippen LogP contribution in [0.15, 0.2) is 42.5 Å². The molecule has 2 rings (SSSR count). The summed E-state index contributed by atoms with van der Waals surface area (Å²) in [5.74, 6) is -0.970. The lowest BCUT2D eigenvalue weighted by Crippen LogP contribution is -2.50. The third kappa shape index (κ3) is 5.48. The van der Waals surface area contributed by atoms with Gasteiger partial charge in [-0.25, -0.2) is 0 Å². The minimum Gasteiger partial charge on any atom is -0.504 e. The summed E-state index contributed by atoms with van der Waals surface area (Å²) in [6.07, 6.45) is 0.496. The third-order valence-electron chi connectivity index (χ3n) is 4.38. The highest BCUT2D eigenvalue weighted by molar-refractivity contribution is 5.98. The van der Waals surface area contributed by atoms with E-state index < -0.39 is 6.04 Å². The number of aryl methyl sites for hydroxylation is 1. The highest BCUT2D eigenvalue weighted by Gasteiger charge is 2.24. The average molecular weight is 370 g/mol. The van der Waals surface area contributed by atoms with Crippen LogP contribution >= 0.6 is 0 Å². The smallest absolute Gasteiger partial charge is 0.252 e. The second-order valence-electron chi connectivity index (χ2n) is 6.87. The number of amides is 2. The van der Waals surface area contributed by atoms with Crippen LogP contribution in [0.4, 0.5) is 0 Å². The third-order valence-corrected chi connectivity index (χ3v) is 4.38. The fourth-order valence-corrected chi connectivity index (χ4v) is 2.75. The van der Waals surface area contributed by atoms with Crippen molar-refractivity contribution in [2.24, 2.45) is 5.92 Å².